The van der Waals surface area contributed by atoms with E-state index in [4.69, 9.17) is 4.74 Å². The summed E-state index contributed by atoms with van der Waals surface area (Å²) in [6.07, 6.45) is 1.81. The van der Waals surface area contributed by atoms with Crippen molar-refractivity contribution in [3.63, 3.8) is 0 Å². The average Bonchev–Trinajstić information content (AvgIpc) is 2.52. The van der Waals surface area contributed by atoms with E-state index in [1.165, 1.54) is 0 Å². The first-order valence-electron chi connectivity index (χ1n) is 7.37. The van der Waals surface area contributed by atoms with Crippen molar-refractivity contribution >= 4 is 11.7 Å². The van der Waals surface area contributed by atoms with Crippen molar-refractivity contribution in [3.8, 4) is 0 Å². The van der Waals surface area contributed by atoms with E-state index in [1.54, 1.807) is 7.11 Å². The van der Waals surface area contributed by atoms with E-state index in [-0.39, 0.29) is 5.91 Å². The molecule has 0 aliphatic carbocycles. The van der Waals surface area contributed by atoms with Crippen molar-refractivity contribution in [3.05, 3.63) is 23.9 Å². The molecule has 0 saturated carbocycles. The zero-order valence-corrected chi connectivity index (χ0v) is 13.2. The van der Waals surface area contributed by atoms with Gasteiger partial charge in [0, 0.05) is 39.5 Å². The van der Waals surface area contributed by atoms with Gasteiger partial charge in [-0.3, -0.25) is 4.79 Å². The van der Waals surface area contributed by atoms with Gasteiger partial charge in [-0.15, -0.1) is 0 Å². The van der Waals surface area contributed by atoms with Crippen molar-refractivity contribution in [2.24, 2.45) is 0 Å². The molecule has 1 rings (SSSR count). The minimum Gasteiger partial charge on any atom is -0.383 e. The number of nitrogens with zero attached hydrogens (tertiary/aromatic N) is 2. The summed E-state index contributed by atoms with van der Waals surface area (Å²) in [5.74, 6) is 0.940. The molecule has 0 aromatic carbocycles. The van der Waals surface area contributed by atoms with Crippen molar-refractivity contribution in [2.75, 3.05) is 44.8 Å². The maximum Gasteiger partial charge on any atom is 0.234 e. The number of aromatic nitrogens is 1. The summed E-state index contributed by atoms with van der Waals surface area (Å²) >= 11 is 0. The number of rotatable bonds is 10. The molecule has 1 amide bonds. The van der Waals surface area contributed by atoms with Crippen molar-refractivity contribution in [1.82, 2.24) is 15.6 Å². The Bertz CT molecular complexity index is 405. The molecule has 118 valence electrons. The Balaban J connectivity index is 2.33. The molecule has 0 radical (unpaired) electrons. The van der Waals surface area contributed by atoms with Crippen LogP contribution < -0.4 is 15.5 Å². The number of ether oxygens (including phenoxy) is 1. The SMILES string of the molecule is CCN(CC)c1ccc(CNC(=O)CNCCOC)cn1. The van der Waals surface area contributed by atoms with Crippen LogP contribution in [0.4, 0.5) is 5.82 Å². The molecule has 0 atom stereocenters. The molecule has 0 unspecified atom stereocenters. The predicted octanol–water partition coefficient (Wildman–Crippen LogP) is 0.780. The van der Waals surface area contributed by atoms with Crippen molar-refractivity contribution in [2.45, 2.75) is 20.4 Å². The number of amides is 1. The number of carbonyl (C=O) groups excluding carboxylic acids is 1. The second-order valence-electron chi connectivity index (χ2n) is 4.64. The van der Waals surface area contributed by atoms with E-state index in [0.29, 0.717) is 26.2 Å². The molecule has 0 aliphatic rings. The van der Waals surface area contributed by atoms with Gasteiger partial charge in [-0.05, 0) is 25.5 Å². The Kier molecular flexibility index (Phi) is 8.38. The fraction of sp³-hybridized carbons (Fsp3) is 0.600. The van der Waals surface area contributed by atoms with Gasteiger partial charge in [-0.1, -0.05) is 6.07 Å². The van der Waals surface area contributed by atoms with Crippen LogP contribution in [0, 0.1) is 0 Å². The molecule has 2 N–H and O–H groups in total. The molecule has 0 fully saturated rings. The topological polar surface area (TPSA) is 66.5 Å². The highest BCUT2D eigenvalue weighted by Gasteiger charge is 2.04. The summed E-state index contributed by atoms with van der Waals surface area (Å²) in [7, 11) is 1.64. The molecule has 1 heterocycles. The van der Waals surface area contributed by atoms with Gasteiger partial charge in [0.05, 0.1) is 13.2 Å². The fourth-order valence-electron chi connectivity index (χ4n) is 1.90. The maximum absolute atomic E-state index is 11.6. The van der Waals surface area contributed by atoms with Gasteiger partial charge in [-0.2, -0.15) is 0 Å². The number of carbonyl (C=O) groups is 1. The zero-order valence-electron chi connectivity index (χ0n) is 13.2. The van der Waals surface area contributed by atoms with Crippen LogP contribution >= 0.6 is 0 Å². The molecule has 0 bridgehead atoms. The molecular formula is C15H26N4O2. The van der Waals surface area contributed by atoms with Crippen LogP contribution in [0.5, 0.6) is 0 Å². The smallest absolute Gasteiger partial charge is 0.234 e. The normalized spacial score (nSPS) is 10.4. The van der Waals surface area contributed by atoms with Crippen LogP contribution in [0.3, 0.4) is 0 Å². The summed E-state index contributed by atoms with van der Waals surface area (Å²) in [6.45, 7) is 8.16. The standard InChI is InChI=1S/C15H26N4O2/c1-4-19(5-2)14-7-6-13(10-17-14)11-18-15(20)12-16-8-9-21-3/h6-7,10,16H,4-5,8-9,11-12H2,1-3H3,(H,18,20). The van der Waals surface area contributed by atoms with E-state index in [2.05, 4.69) is 34.4 Å². The van der Waals surface area contributed by atoms with Crippen LogP contribution in [0.15, 0.2) is 18.3 Å². The highest BCUT2D eigenvalue weighted by Crippen LogP contribution is 2.10. The highest BCUT2D eigenvalue weighted by molar-refractivity contribution is 5.77. The molecule has 0 spiro atoms. The Hall–Kier alpha value is -1.66. The second-order valence-corrected chi connectivity index (χ2v) is 4.64. The van der Waals surface area contributed by atoms with E-state index in [9.17, 15) is 4.79 Å². The second kappa shape index (κ2) is 10.1. The summed E-state index contributed by atoms with van der Waals surface area (Å²) in [5.41, 5.74) is 0.996. The first kappa shape index (κ1) is 17.4. The zero-order chi connectivity index (χ0) is 15.5. The van der Waals surface area contributed by atoms with E-state index in [0.717, 1.165) is 24.5 Å². The lowest BCUT2D eigenvalue weighted by Gasteiger charge is -2.19. The van der Waals surface area contributed by atoms with Crippen LogP contribution in [0.2, 0.25) is 0 Å². The van der Waals surface area contributed by atoms with Crippen molar-refractivity contribution in [1.29, 1.82) is 0 Å². The molecular weight excluding hydrogens is 268 g/mol. The number of anilines is 1. The molecule has 21 heavy (non-hydrogen) atoms. The maximum atomic E-state index is 11.6. The Morgan fingerprint density at radius 1 is 1.33 bits per heavy atom. The summed E-state index contributed by atoms with van der Waals surface area (Å²) in [6, 6.07) is 3.99. The Labute approximate surface area is 126 Å². The number of hydrogen-bond acceptors (Lipinski definition) is 5. The largest absolute Gasteiger partial charge is 0.383 e. The number of nitrogens with one attached hydrogen (secondary N) is 2. The number of hydrogen-bond donors (Lipinski definition) is 2. The first-order chi connectivity index (χ1) is 10.2. The molecule has 0 aliphatic heterocycles. The van der Waals surface area contributed by atoms with Gasteiger partial charge >= 0.3 is 0 Å². The summed E-state index contributed by atoms with van der Waals surface area (Å²) in [5, 5.41) is 5.86. The quantitative estimate of drug-likeness (QED) is 0.624. The first-order valence-corrected chi connectivity index (χ1v) is 7.37. The van der Waals surface area contributed by atoms with Gasteiger partial charge in [0.25, 0.3) is 0 Å². The van der Waals surface area contributed by atoms with Gasteiger partial charge in [0.15, 0.2) is 0 Å². The van der Waals surface area contributed by atoms with E-state index >= 15 is 0 Å². The van der Waals surface area contributed by atoms with Crippen LogP contribution in [-0.4, -0.2) is 50.8 Å². The lowest BCUT2D eigenvalue weighted by atomic mass is 10.2. The lowest BCUT2D eigenvalue weighted by Crippen LogP contribution is -2.34. The van der Waals surface area contributed by atoms with E-state index < -0.39 is 0 Å². The van der Waals surface area contributed by atoms with Crippen LogP contribution in [-0.2, 0) is 16.1 Å². The summed E-state index contributed by atoms with van der Waals surface area (Å²) < 4.78 is 4.90. The average molecular weight is 294 g/mol. The third-order valence-electron chi connectivity index (χ3n) is 3.15. The highest BCUT2D eigenvalue weighted by atomic mass is 16.5. The number of pyridine rings is 1. The molecule has 1 aromatic heterocycles. The van der Waals surface area contributed by atoms with Crippen molar-refractivity contribution < 1.29 is 9.53 Å². The van der Waals surface area contributed by atoms with Gasteiger partial charge in [-0.25, -0.2) is 4.98 Å². The van der Waals surface area contributed by atoms with Crippen LogP contribution in [0.1, 0.15) is 19.4 Å². The van der Waals surface area contributed by atoms with Gasteiger partial charge in [0.1, 0.15) is 5.82 Å². The molecule has 6 heteroatoms. The minimum atomic E-state index is -0.0288. The molecule has 1 aromatic rings. The van der Waals surface area contributed by atoms with Gasteiger partial charge in [0.2, 0.25) is 5.91 Å². The van der Waals surface area contributed by atoms with Gasteiger partial charge < -0.3 is 20.3 Å². The third-order valence-corrected chi connectivity index (χ3v) is 3.15. The third kappa shape index (κ3) is 6.55. The lowest BCUT2D eigenvalue weighted by molar-refractivity contribution is -0.120. The Morgan fingerprint density at radius 2 is 2.10 bits per heavy atom. The monoisotopic (exact) mass is 294 g/mol. The molecule has 6 nitrogen and oxygen atoms in total. The predicted molar refractivity (Wildman–Crippen MR) is 84.4 cm³/mol. The molecule has 0 saturated heterocycles. The van der Waals surface area contributed by atoms with Crippen LogP contribution in [0.25, 0.3) is 0 Å². The fourth-order valence-corrected chi connectivity index (χ4v) is 1.90. The Morgan fingerprint density at radius 3 is 2.67 bits per heavy atom. The van der Waals surface area contributed by atoms with E-state index in [1.807, 2.05) is 18.3 Å². The number of methoxy groups -OCH3 is 1. The summed E-state index contributed by atoms with van der Waals surface area (Å²) in [4.78, 5) is 18.2. The minimum absolute atomic E-state index is 0.0288.